The van der Waals surface area contributed by atoms with Crippen molar-refractivity contribution in [2.24, 2.45) is 0 Å². The SMILES string of the molecule is CCCC(c1nnnn1CCOC)N1CCN(C2CCCC2)CC1. The summed E-state index contributed by atoms with van der Waals surface area (Å²) in [6.45, 7) is 8.23. The zero-order chi connectivity index (χ0) is 16.8. The fourth-order valence-corrected chi connectivity index (χ4v) is 4.22. The van der Waals surface area contributed by atoms with Crippen LogP contribution in [0.25, 0.3) is 0 Å². The highest BCUT2D eigenvalue weighted by Crippen LogP contribution is 2.28. The van der Waals surface area contributed by atoms with Crippen LogP contribution < -0.4 is 0 Å². The summed E-state index contributed by atoms with van der Waals surface area (Å²) in [4.78, 5) is 5.30. The number of hydrogen-bond donors (Lipinski definition) is 0. The van der Waals surface area contributed by atoms with Gasteiger partial charge in [-0.1, -0.05) is 26.2 Å². The van der Waals surface area contributed by atoms with Gasteiger partial charge in [0.15, 0.2) is 5.82 Å². The predicted molar refractivity (Wildman–Crippen MR) is 92.7 cm³/mol. The fraction of sp³-hybridized carbons (Fsp3) is 0.941. The van der Waals surface area contributed by atoms with E-state index in [2.05, 4.69) is 32.2 Å². The Morgan fingerprint density at radius 1 is 1.17 bits per heavy atom. The molecule has 136 valence electrons. The van der Waals surface area contributed by atoms with Crippen molar-refractivity contribution in [2.45, 2.75) is 64.1 Å². The summed E-state index contributed by atoms with van der Waals surface area (Å²) in [7, 11) is 1.72. The number of hydrogen-bond acceptors (Lipinski definition) is 6. The summed E-state index contributed by atoms with van der Waals surface area (Å²) < 4.78 is 7.11. The summed E-state index contributed by atoms with van der Waals surface area (Å²) in [5.74, 6) is 1.00. The van der Waals surface area contributed by atoms with Crippen LogP contribution in [-0.2, 0) is 11.3 Å². The molecule has 3 rings (SSSR count). The van der Waals surface area contributed by atoms with Gasteiger partial charge in [-0.3, -0.25) is 9.80 Å². The van der Waals surface area contributed by atoms with Crippen molar-refractivity contribution in [3.05, 3.63) is 5.82 Å². The second-order valence-electron chi connectivity index (χ2n) is 7.07. The molecule has 0 spiro atoms. The van der Waals surface area contributed by atoms with Crippen molar-refractivity contribution in [3.63, 3.8) is 0 Å². The van der Waals surface area contributed by atoms with Crippen LogP contribution in [0.1, 0.15) is 57.3 Å². The monoisotopic (exact) mass is 336 g/mol. The lowest BCUT2D eigenvalue weighted by atomic mass is 10.1. The van der Waals surface area contributed by atoms with Crippen LogP contribution in [0.4, 0.5) is 0 Å². The largest absolute Gasteiger partial charge is 0.383 e. The molecule has 24 heavy (non-hydrogen) atoms. The van der Waals surface area contributed by atoms with Gasteiger partial charge >= 0.3 is 0 Å². The standard InChI is InChI=1S/C17H32N6O/c1-3-6-16(17-18-19-20-23(17)13-14-24-2)22-11-9-21(10-12-22)15-7-4-5-8-15/h15-16H,3-14H2,1-2H3. The van der Waals surface area contributed by atoms with E-state index in [-0.39, 0.29) is 0 Å². The first-order chi connectivity index (χ1) is 11.8. The first-order valence-corrected chi connectivity index (χ1v) is 9.56. The minimum Gasteiger partial charge on any atom is -0.383 e. The Bertz CT molecular complexity index is 479. The third kappa shape index (κ3) is 4.13. The van der Waals surface area contributed by atoms with Gasteiger partial charge in [-0.15, -0.1) is 5.10 Å². The van der Waals surface area contributed by atoms with Crippen molar-refractivity contribution in [1.29, 1.82) is 0 Å². The Labute approximate surface area is 145 Å². The molecular formula is C17H32N6O. The number of ether oxygens (including phenoxy) is 1. The molecular weight excluding hydrogens is 304 g/mol. The van der Waals surface area contributed by atoms with E-state index in [9.17, 15) is 0 Å². The number of methoxy groups -OCH3 is 1. The van der Waals surface area contributed by atoms with Crippen molar-refractivity contribution in [1.82, 2.24) is 30.0 Å². The molecule has 2 fully saturated rings. The summed E-state index contributed by atoms with van der Waals surface area (Å²) in [5.41, 5.74) is 0. The Kier molecular flexibility index (Phi) is 6.57. The zero-order valence-electron chi connectivity index (χ0n) is 15.2. The Balaban J connectivity index is 1.62. The fourth-order valence-electron chi connectivity index (χ4n) is 4.22. The maximum absolute atomic E-state index is 5.19. The topological polar surface area (TPSA) is 59.3 Å². The van der Waals surface area contributed by atoms with Crippen LogP contribution in [0, 0.1) is 0 Å². The second-order valence-corrected chi connectivity index (χ2v) is 7.07. The van der Waals surface area contributed by atoms with Gasteiger partial charge in [0.05, 0.1) is 19.2 Å². The van der Waals surface area contributed by atoms with Crippen LogP contribution >= 0.6 is 0 Å². The Hall–Kier alpha value is -1.05. The zero-order valence-corrected chi connectivity index (χ0v) is 15.2. The molecule has 0 aromatic carbocycles. The minimum absolute atomic E-state index is 0.326. The summed E-state index contributed by atoms with van der Waals surface area (Å²) in [6, 6.07) is 1.16. The quantitative estimate of drug-likeness (QED) is 0.720. The van der Waals surface area contributed by atoms with Gasteiger partial charge in [-0.25, -0.2) is 4.68 Å². The minimum atomic E-state index is 0.326. The van der Waals surface area contributed by atoms with Gasteiger partial charge in [0.1, 0.15) is 0 Å². The van der Waals surface area contributed by atoms with E-state index >= 15 is 0 Å². The van der Waals surface area contributed by atoms with E-state index in [0.29, 0.717) is 12.6 Å². The van der Waals surface area contributed by atoms with E-state index in [1.54, 1.807) is 7.11 Å². The average molecular weight is 336 g/mol. The second kappa shape index (κ2) is 8.87. The van der Waals surface area contributed by atoms with E-state index in [1.165, 1.54) is 38.8 Å². The molecule has 1 aromatic heterocycles. The molecule has 1 unspecified atom stereocenters. The van der Waals surface area contributed by atoms with Crippen LogP contribution in [-0.4, -0.2) is 75.9 Å². The molecule has 1 saturated carbocycles. The van der Waals surface area contributed by atoms with Gasteiger partial charge < -0.3 is 4.74 Å². The third-order valence-electron chi connectivity index (χ3n) is 5.56. The molecule has 0 radical (unpaired) electrons. The van der Waals surface area contributed by atoms with Crippen LogP contribution in [0.3, 0.4) is 0 Å². The highest BCUT2D eigenvalue weighted by Gasteiger charge is 2.31. The molecule has 0 N–H and O–H groups in total. The number of aromatic nitrogens is 4. The van der Waals surface area contributed by atoms with E-state index in [0.717, 1.165) is 44.3 Å². The van der Waals surface area contributed by atoms with Crippen molar-refractivity contribution < 1.29 is 4.74 Å². The van der Waals surface area contributed by atoms with Gasteiger partial charge in [-0.2, -0.15) is 0 Å². The first kappa shape index (κ1) is 17.8. The van der Waals surface area contributed by atoms with E-state index < -0.39 is 0 Å². The van der Waals surface area contributed by atoms with Crippen molar-refractivity contribution >= 4 is 0 Å². The molecule has 2 heterocycles. The molecule has 0 amide bonds. The first-order valence-electron chi connectivity index (χ1n) is 9.56. The lowest BCUT2D eigenvalue weighted by molar-refractivity contribution is 0.0619. The molecule has 7 nitrogen and oxygen atoms in total. The Morgan fingerprint density at radius 2 is 1.92 bits per heavy atom. The lowest BCUT2D eigenvalue weighted by Gasteiger charge is -2.41. The highest BCUT2D eigenvalue weighted by molar-refractivity contribution is 4.95. The molecule has 0 bridgehead atoms. The van der Waals surface area contributed by atoms with Crippen LogP contribution in [0.5, 0.6) is 0 Å². The Morgan fingerprint density at radius 3 is 2.58 bits per heavy atom. The molecule has 1 atom stereocenters. The van der Waals surface area contributed by atoms with Gasteiger partial charge in [0, 0.05) is 39.3 Å². The van der Waals surface area contributed by atoms with E-state index in [1.807, 2.05) is 4.68 Å². The number of nitrogens with zero attached hydrogens (tertiary/aromatic N) is 6. The molecule has 1 aromatic rings. The molecule has 1 aliphatic carbocycles. The van der Waals surface area contributed by atoms with Gasteiger partial charge in [-0.05, 0) is 29.7 Å². The number of piperazine rings is 1. The van der Waals surface area contributed by atoms with Gasteiger partial charge in [0.2, 0.25) is 0 Å². The normalized spacial score (nSPS) is 22.2. The van der Waals surface area contributed by atoms with E-state index in [4.69, 9.17) is 4.74 Å². The lowest BCUT2D eigenvalue weighted by Crippen LogP contribution is -2.50. The molecule has 1 saturated heterocycles. The third-order valence-corrected chi connectivity index (χ3v) is 5.56. The smallest absolute Gasteiger partial charge is 0.168 e. The predicted octanol–water partition coefficient (Wildman–Crippen LogP) is 1.72. The number of tetrazole rings is 1. The summed E-state index contributed by atoms with van der Waals surface area (Å²) >= 11 is 0. The van der Waals surface area contributed by atoms with Crippen molar-refractivity contribution in [3.8, 4) is 0 Å². The summed E-state index contributed by atoms with van der Waals surface area (Å²) in [6.07, 6.45) is 7.87. The van der Waals surface area contributed by atoms with Crippen molar-refractivity contribution in [2.75, 3.05) is 39.9 Å². The maximum Gasteiger partial charge on any atom is 0.168 e. The molecule has 1 aliphatic heterocycles. The molecule has 2 aliphatic rings. The average Bonchev–Trinajstić information content (AvgIpc) is 3.30. The number of rotatable bonds is 8. The van der Waals surface area contributed by atoms with Gasteiger partial charge in [0.25, 0.3) is 0 Å². The molecule has 7 heteroatoms. The summed E-state index contributed by atoms with van der Waals surface area (Å²) in [5, 5.41) is 12.4. The van der Waals surface area contributed by atoms with Crippen LogP contribution in [0.15, 0.2) is 0 Å². The maximum atomic E-state index is 5.19. The highest BCUT2D eigenvalue weighted by atomic mass is 16.5. The van der Waals surface area contributed by atoms with Crippen LogP contribution in [0.2, 0.25) is 0 Å².